The first kappa shape index (κ1) is 27.8. The molecule has 3 nitrogen and oxygen atoms in total. The molecule has 2 aromatic carbocycles. The minimum absolute atomic E-state index is 0.0545. The molecule has 0 amide bonds. The number of rotatable bonds is 5. The highest BCUT2D eigenvalue weighted by Crippen LogP contribution is 2.42. The number of halogens is 3. The van der Waals surface area contributed by atoms with Crippen LogP contribution in [0, 0.1) is 20.8 Å². The van der Waals surface area contributed by atoms with Gasteiger partial charge in [-0.1, -0.05) is 58.5 Å². The van der Waals surface area contributed by atoms with Crippen LogP contribution in [0.3, 0.4) is 0 Å². The third kappa shape index (κ3) is 7.86. The molecule has 0 atom stereocenters. The highest BCUT2D eigenvalue weighted by Gasteiger charge is 2.37. The largest absolute Gasteiger partial charge is 0.741 e. The van der Waals surface area contributed by atoms with E-state index in [2.05, 4.69) is 93.6 Å². The summed E-state index contributed by atoms with van der Waals surface area (Å²) in [4.78, 5) is 4.14. The fourth-order valence-electron chi connectivity index (χ4n) is 2.75. The first-order valence-corrected chi connectivity index (χ1v) is 15.2. The summed E-state index contributed by atoms with van der Waals surface area (Å²) in [5.74, 6) is 0. The second-order valence-electron chi connectivity index (χ2n) is 7.37. The van der Waals surface area contributed by atoms with Crippen molar-refractivity contribution in [2.75, 3.05) is 0 Å². The number of benzene rings is 2. The number of hydrogen-bond donors (Lipinski definition) is 0. The predicted octanol–water partition coefficient (Wildman–Crippen LogP) is 8.03. The first-order valence-electron chi connectivity index (χ1n) is 10.1. The topological polar surface area (TPSA) is 57.2 Å². The van der Waals surface area contributed by atoms with Gasteiger partial charge < -0.3 is 4.55 Å². The molecule has 0 fully saturated rings. The molecule has 4 rings (SSSR count). The maximum Gasteiger partial charge on any atom is 0.485 e. The monoisotopic (exact) mass is 574 g/mol. The van der Waals surface area contributed by atoms with Crippen LogP contribution < -0.4 is 0 Å². The zero-order valence-electron chi connectivity index (χ0n) is 18.8. The maximum absolute atomic E-state index is 10.7. The van der Waals surface area contributed by atoms with Gasteiger partial charge in [-0.25, -0.2) is 8.42 Å². The van der Waals surface area contributed by atoms with Crippen LogP contribution in [0.15, 0.2) is 95.2 Å². The zero-order chi connectivity index (χ0) is 25.8. The molecule has 2 heterocycles. The maximum atomic E-state index is 10.7. The van der Waals surface area contributed by atoms with Crippen molar-refractivity contribution in [1.82, 2.24) is 0 Å². The highest BCUT2D eigenvalue weighted by atomic mass is 32.2. The molecular formula is C24H21F3O3S5. The van der Waals surface area contributed by atoms with E-state index >= 15 is 0 Å². The third-order valence-electron chi connectivity index (χ3n) is 4.47. The van der Waals surface area contributed by atoms with Crippen LogP contribution in [-0.2, 0) is 21.0 Å². The van der Waals surface area contributed by atoms with E-state index in [4.69, 9.17) is 13.0 Å². The Bertz CT molecular complexity index is 1310. The van der Waals surface area contributed by atoms with Gasteiger partial charge in [0.1, 0.15) is 10.9 Å². The Kier molecular flexibility index (Phi) is 9.16. The predicted molar refractivity (Wildman–Crippen MR) is 138 cm³/mol. The van der Waals surface area contributed by atoms with E-state index in [0.29, 0.717) is 0 Å². The van der Waals surface area contributed by atoms with E-state index in [9.17, 15) is 13.2 Å². The zero-order valence-corrected chi connectivity index (χ0v) is 22.9. The van der Waals surface area contributed by atoms with Crippen molar-refractivity contribution in [3.63, 3.8) is 0 Å². The fraction of sp³-hybridized carbons (Fsp3) is 0.167. The van der Waals surface area contributed by atoms with E-state index in [-0.39, 0.29) is 10.9 Å². The summed E-state index contributed by atoms with van der Waals surface area (Å²) in [6.07, 6.45) is 0. The Balaban J connectivity index is 0.000000371. The van der Waals surface area contributed by atoms with Crippen LogP contribution in [0.25, 0.3) is 0 Å². The number of aryl methyl sites for hydroxylation is 3. The number of thiophene rings is 2. The highest BCUT2D eigenvalue weighted by molar-refractivity contribution is 8.03. The summed E-state index contributed by atoms with van der Waals surface area (Å²) in [5, 5.41) is 0. The Morgan fingerprint density at radius 2 is 1.17 bits per heavy atom. The van der Waals surface area contributed by atoms with Crippen LogP contribution in [-0.4, -0.2) is 18.5 Å². The van der Waals surface area contributed by atoms with Gasteiger partial charge in [0.15, 0.2) is 19.9 Å². The van der Waals surface area contributed by atoms with Crippen molar-refractivity contribution < 1.29 is 26.1 Å². The third-order valence-corrected chi connectivity index (χ3v) is 11.0. The molecule has 4 aromatic rings. The summed E-state index contributed by atoms with van der Waals surface area (Å²) in [7, 11) is -6.14. The van der Waals surface area contributed by atoms with Crippen LogP contribution in [0.5, 0.6) is 0 Å². The van der Waals surface area contributed by atoms with Crippen molar-refractivity contribution >= 4 is 55.4 Å². The molecule has 0 aliphatic rings. The van der Waals surface area contributed by atoms with Gasteiger partial charge in [0.2, 0.25) is 4.21 Å². The van der Waals surface area contributed by atoms with Crippen molar-refractivity contribution in [3.05, 3.63) is 88.8 Å². The summed E-state index contributed by atoms with van der Waals surface area (Å²) < 4.78 is 63.1. The van der Waals surface area contributed by atoms with E-state index in [1.165, 1.54) is 38.4 Å². The van der Waals surface area contributed by atoms with Crippen LogP contribution in [0.1, 0.15) is 16.0 Å². The lowest BCUT2D eigenvalue weighted by atomic mass is 10.2. The van der Waals surface area contributed by atoms with E-state index in [0.717, 1.165) is 0 Å². The Morgan fingerprint density at radius 3 is 1.57 bits per heavy atom. The molecule has 0 radical (unpaired) electrons. The fourth-order valence-corrected chi connectivity index (χ4v) is 9.07. The van der Waals surface area contributed by atoms with Gasteiger partial charge >= 0.3 is 5.51 Å². The molecular weight excluding hydrogens is 554 g/mol. The molecule has 2 aromatic heterocycles. The Labute approximate surface area is 218 Å². The molecule has 11 heteroatoms. The summed E-state index contributed by atoms with van der Waals surface area (Å²) >= 11 is 5.68. The molecule has 0 aliphatic heterocycles. The molecule has 0 saturated carbocycles. The van der Waals surface area contributed by atoms with Gasteiger partial charge in [0.05, 0.1) is 8.42 Å². The van der Waals surface area contributed by atoms with Crippen molar-refractivity contribution in [3.8, 4) is 0 Å². The van der Waals surface area contributed by atoms with Gasteiger partial charge in [-0.05, 0) is 63.2 Å². The van der Waals surface area contributed by atoms with Crippen LogP contribution >= 0.6 is 34.4 Å². The molecule has 0 unspecified atom stereocenters. The molecule has 0 N–H and O–H groups in total. The minimum Gasteiger partial charge on any atom is -0.741 e. The van der Waals surface area contributed by atoms with Gasteiger partial charge in [0.25, 0.3) is 0 Å². The van der Waals surface area contributed by atoms with Gasteiger partial charge in [-0.2, -0.15) is 13.2 Å². The second-order valence-corrected chi connectivity index (χ2v) is 15.0. The van der Waals surface area contributed by atoms with E-state index in [1.54, 1.807) is 0 Å². The average Bonchev–Trinajstić information content (AvgIpc) is 3.39. The molecule has 0 spiro atoms. The quantitative estimate of drug-likeness (QED) is 0.138. The molecule has 35 heavy (non-hydrogen) atoms. The lowest BCUT2D eigenvalue weighted by molar-refractivity contribution is -0.0517. The number of hydrogen-bond acceptors (Lipinski definition) is 6. The first-order chi connectivity index (χ1) is 16.3. The molecule has 0 saturated heterocycles. The Hall–Kier alpha value is -1.76. The van der Waals surface area contributed by atoms with Crippen molar-refractivity contribution in [2.45, 2.75) is 48.7 Å². The van der Waals surface area contributed by atoms with Crippen molar-refractivity contribution in [2.24, 2.45) is 0 Å². The van der Waals surface area contributed by atoms with Crippen LogP contribution in [0.2, 0.25) is 0 Å². The summed E-state index contributed by atoms with van der Waals surface area (Å²) in [6.45, 7) is 6.47. The summed E-state index contributed by atoms with van der Waals surface area (Å²) in [5.41, 5.74) is -3.03. The molecule has 186 valence electrons. The van der Waals surface area contributed by atoms with Gasteiger partial charge in [-0.3, -0.25) is 0 Å². The SMILES string of the molecule is Cc1ccc([S+](c2ccc(C)cc2)c2ccc(Sc3ccc(C)s3)s2)cc1.O=S(=O)([O-])C(F)(F)F. The van der Waals surface area contributed by atoms with E-state index in [1.807, 2.05) is 34.4 Å². The second kappa shape index (κ2) is 11.5. The van der Waals surface area contributed by atoms with Crippen molar-refractivity contribution in [1.29, 1.82) is 0 Å². The lowest BCUT2D eigenvalue weighted by Gasteiger charge is -2.08. The molecule has 0 bridgehead atoms. The Morgan fingerprint density at radius 1 is 0.743 bits per heavy atom. The lowest BCUT2D eigenvalue weighted by Crippen LogP contribution is -2.21. The average molecular weight is 575 g/mol. The normalized spacial score (nSPS) is 11.9. The van der Waals surface area contributed by atoms with E-state index < -0.39 is 15.6 Å². The van der Waals surface area contributed by atoms with Gasteiger partial charge in [0, 0.05) is 10.9 Å². The van der Waals surface area contributed by atoms with Gasteiger partial charge in [-0.15, -0.1) is 11.3 Å². The smallest absolute Gasteiger partial charge is 0.485 e. The summed E-state index contributed by atoms with van der Waals surface area (Å²) in [6, 6.07) is 27.1. The number of alkyl halides is 3. The molecule has 0 aliphatic carbocycles. The minimum atomic E-state index is -6.09. The standard InChI is InChI=1S/C23H21S4.CHF3O3S/c1-16-4-9-19(10-5-16)27(20-11-6-17(2)7-12-20)23-15-14-22(26-23)25-21-13-8-18(3)24-21;2-1(3,4)8(5,6)7/h4-15H,1-3H3;(H,5,6,7)/q+1;/p-1. The van der Waals surface area contributed by atoms with Crippen LogP contribution in [0.4, 0.5) is 13.2 Å².